The molecule has 3 nitrogen and oxygen atoms in total. The zero-order chi connectivity index (χ0) is 13.5. The first kappa shape index (κ1) is 14.5. The summed E-state index contributed by atoms with van der Waals surface area (Å²) in [5.74, 6) is 1.12. The Bertz CT molecular complexity index is 496. The van der Waals surface area contributed by atoms with Gasteiger partial charge in [-0.05, 0) is 34.6 Å². The second-order valence-electron chi connectivity index (χ2n) is 4.52. The van der Waals surface area contributed by atoms with Crippen molar-refractivity contribution in [3.05, 3.63) is 51.6 Å². The van der Waals surface area contributed by atoms with Crippen molar-refractivity contribution in [2.75, 3.05) is 0 Å². The highest BCUT2D eigenvalue weighted by molar-refractivity contribution is 14.1. The molecule has 0 atom stereocenters. The van der Waals surface area contributed by atoms with E-state index < -0.39 is 0 Å². The number of unbranched alkanes of at least 4 members (excludes halogenated alkanes) is 1. The minimum absolute atomic E-state index is 0.573. The molecule has 0 aliphatic heterocycles. The van der Waals surface area contributed by atoms with Crippen LogP contribution in [-0.2, 0) is 24.5 Å². The summed E-state index contributed by atoms with van der Waals surface area (Å²) >= 11 is 2.25. The van der Waals surface area contributed by atoms with E-state index >= 15 is 0 Å². The van der Waals surface area contributed by atoms with E-state index in [1.165, 1.54) is 18.4 Å². The zero-order valence-corrected chi connectivity index (χ0v) is 13.3. The fourth-order valence-electron chi connectivity index (χ4n) is 1.90. The number of halogens is 1. The number of aryl methyl sites for hydroxylation is 1. The monoisotopic (exact) mass is 370 g/mol. The standard InChI is InChI=1S/C15H19IN2O/c1-2-3-9-15-17-14(16)10-18(15)12-19-11-13-7-5-4-6-8-13/h4-8,10H,2-3,9,11-12H2,1H3. The molecule has 0 spiro atoms. The summed E-state index contributed by atoms with van der Waals surface area (Å²) in [4.78, 5) is 4.54. The number of aromatic nitrogens is 2. The van der Waals surface area contributed by atoms with Gasteiger partial charge in [-0.2, -0.15) is 0 Å². The number of hydrogen-bond acceptors (Lipinski definition) is 2. The normalized spacial score (nSPS) is 10.8. The van der Waals surface area contributed by atoms with E-state index in [4.69, 9.17) is 4.74 Å². The lowest BCUT2D eigenvalue weighted by molar-refractivity contribution is 0.0620. The van der Waals surface area contributed by atoms with Gasteiger partial charge in [0, 0.05) is 12.6 Å². The van der Waals surface area contributed by atoms with Crippen LogP contribution in [0.25, 0.3) is 0 Å². The molecule has 0 saturated heterocycles. The number of hydrogen-bond donors (Lipinski definition) is 0. The Balaban J connectivity index is 1.88. The number of benzene rings is 1. The molecule has 0 radical (unpaired) electrons. The van der Waals surface area contributed by atoms with Gasteiger partial charge < -0.3 is 9.30 Å². The lowest BCUT2D eigenvalue weighted by Crippen LogP contribution is -2.06. The average molecular weight is 370 g/mol. The van der Waals surface area contributed by atoms with Crippen LogP contribution in [-0.4, -0.2) is 9.55 Å². The third-order valence-corrected chi connectivity index (χ3v) is 3.45. The van der Waals surface area contributed by atoms with Crippen LogP contribution in [0.15, 0.2) is 36.5 Å². The van der Waals surface area contributed by atoms with Crippen LogP contribution in [0.3, 0.4) is 0 Å². The Morgan fingerprint density at radius 1 is 1.26 bits per heavy atom. The summed E-state index contributed by atoms with van der Waals surface area (Å²) in [7, 11) is 0. The lowest BCUT2D eigenvalue weighted by Gasteiger charge is -2.08. The molecule has 0 unspecified atom stereocenters. The number of rotatable bonds is 7. The molecule has 4 heteroatoms. The first-order chi connectivity index (χ1) is 9.29. The van der Waals surface area contributed by atoms with Crippen molar-refractivity contribution in [1.29, 1.82) is 0 Å². The number of nitrogens with zero attached hydrogens (tertiary/aromatic N) is 2. The van der Waals surface area contributed by atoms with E-state index in [2.05, 4.69) is 57.4 Å². The Morgan fingerprint density at radius 3 is 2.79 bits per heavy atom. The predicted octanol–water partition coefficient (Wildman–Crippen LogP) is 4.00. The summed E-state index contributed by atoms with van der Waals surface area (Å²) in [5, 5.41) is 0. The van der Waals surface area contributed by atoms with Gasteiger partial charge in [-0.1, -0.05) is 43.7 Å². The molecule has 2 rings (SSSR count). The van der Waals surface area contributed by atoms with Crippen LogP contribution < -0.4 is 0 Å². The van der Waals surface area contributed by atoms with E-state index in [9.17, 15) is 0 Å². The highest BCUT2D eigenvalue weighted by Gasteiger charge is 2.05. The third-order valence-electron chi connectivity index (χ3n) is 2.93. The van der Waals surface area contributed by atoms with E-state index in [0.717, 1.165) is 15.9 Å². The van der Waals surface area contributed by atoms with Crippen molar-refractivity contribution in [3.8, 4) is 0 Å². The van der Waals surface area contributed by atoms with Gasteiger partial charge in [0.1, 0.15) is 16.3 Å². The first-order valence-corrected chi connectivity index (χ1v) is 7.70. The van der Waals surface area contributed by atoms with Crippen LogP contribution in [0, 0.1) is 3.70 Å². The molecule has 102 valence electrons. The summed E-state index contributed by atoms with van der Waals surface area (Å²) in [5.41, 5.74) is 1.20. The molecular formula is C15H19IN2O. The van der Waals surface area contributed by atoms with Crippen molar-refractivity contribution in [3.63, 3.8) is 0 Å². The fraction of sp³-hybridized carbons (Fsp3) is 0.400. The van der Waals surface area contributed by atoms with Crippen LogP contribution >= 0.6 is 22.6 Å². The van der Waals surface area contributed by atoms with Crippen LogP contribution in [0.2, 0.25) is 0 Å². The molecule has 1 aromatic heterocycles. The van der Waals surface area contributed by atoms with E-state index in [-0.39, 0.29) is 0 Å². The van der Waals surface area contributed by atoms with Gasteiger partial charge in [0.05, 0.1) is 6.61 Å². The minimum Gasteiger partial charge on any atom is -0.356 e. The fourth-order valence-corrected chi connectivity index (χ4v) is 2.52. The Labute approximate surface area is 128 Å². The van der Waals surface area contributed by atoms with Crippen molar-refractivity contribution in [2.24, 2.45) is 0 Å². The summed E-state index contributed by atoms with van der Waals surface area (Å²) in [6, 6.07) is 10.2. The molecule has 1 heterocycles. The van der Waals surface area contributed by atoms with Gasteiger partial charge in [-0.3, -0.25) is 0 Å². The molecule has 0 amide bonds. The number of ether oxygens (including phenoxy) is 1. The first-order valence-electron chi connectivity index (χ1n) is 6.63. The maximum atomic E-state index is 5.76. The minimum atomic E-state index is 0.573. The maximum Gasteiger partial charge on any atom is 0.124 e. The van der Waals surface area contributed by atoms with E-state index in [0.29, 0.717) is 13.3 Å². The highest BCUT2D eigenvalue weighted by Crippen LogP contribution is 2.10. The van der Waals surface area contributed by atoms with Gasteiger partial charge in [-0.15, -0.1) is 0 Å². The Morgan fingerprint density at radius 2 is 2.05 bits per heavy atom. The smallest absolute Gasteiger partial charge is 0.124 e. The largest absolute Gasteiger partial charge is 0.356 e. The SMILES string of the molecule is CCCCc1nc(I)cn1COCc1ccccc1. The van der Waals surface area contributed by atoms with Crippen LogP contribution in [0.5, 0.6) is 0 Å². The second kappa shape index (κ2) is 7.65. The van der Waals surface area contributed by atoms with Gasteiger partial charge in [0.2, 0.25) is 0 Å². The molecule has 1 aromatic carbocycles. The molecule has 0 fully saturated rings. The lowest BCUT2D eigenvalue weighted by atomic mass is 10.2. The molecule has 0 saturated carbocycles. The molecular weight excluding hydrogens is 351 g/mol. The molecule has 0 bridgehead atoms. The van der Waals surface area contributed by atoms with E-state index in [1.807, 2.05) is 18.2 Å². The Kier molecular flexibility index (Phi) is 5.85. The molecule has 19 heavy (non-hydrogen) atoms. The molecule has 0 aliphatic rings. The van der Waals surface area contributed by atoms with Gasteiger partial charge in [0.25, 0.3) is 0 Å². The van der Waals surface area contributed by atoms with Crippen molar-refractivity contribution in [1.82, 2.24) is 9.55 Å². The quantitative estimate of drug-likeness (QED) is 0.689. The van der Waals surface area contributed by atoms with Crippen molar-refractivity contribution >= 4 is 22.6 Å². The van der Waals surface area contributed by atoms with Gasteiger partial charge >= 0.3 is 0 Å². The maximum absolute atomic E-state index is 5.76. The van der Waals surface area contributed by atoms with Crippen molar-refractivity contribution in [2.45, 2.75) is 39.5 Å². The van der Waals surface area contributed by atoms with Gasteiger partial charge in [-0.25, -0.2) is 4.98 Å². The van der Waals surface area contributed by atoms with E-state index in [1.54, 1.807) is 0 Å². The second-order valence-corrected chi connectivity index (χ2v) is 5.62. The zero-order valence-electron chi connectivity index (χ0n) is 11.2. The van der Waals surface area contributed by atoms with Crippen molar-refractivity contribution < 1.29 is 4.74 Å². The highest BCUT2D eigenvalue weighted by atomic mass is 127. The van der Waals surface area contributed by atoms with Gasteiger partial charge in [0.15, 0.2) is 0 Å². The summed E-state index contributed by atoms with van der Waals surface area (Å²) in [6.07, 6.45) is 5.44. The van der Waals surface area contributed by atoms with Crippen LogP contribution in [0.4, 0.5) is 0 Å². The number of imidazole rings is 1. The predicted molar refractivity (Wildman–Crippen MR) is 84.8 cm³/mol. The molecule has 0 aliphatic carbocycles. The Hall–Kier alpha value is -0.880. The summed E-state index contributed by atoms with van der Waals surface area (Å²) < 4.78 is 8.91. The third kappa shape index (κ3) is 4.62. The molecule has 0 N–H and O–H groups in total. The van der Waals surface area contributed by atoms with Crippen LogP contribution in [0.1, 0.15) is 31.2 Å². The molecule has 2 aromatic rings. The summed E-state index contributed by atoms with van der Waals surface area (Å²) in [6.45, 7) is 3.41. The topological polar surface area (TPSA) is 27.1 Å². The average Bonchev–Trinajstić information content (AvgIpc) is 2.78.